The highest BCUT2D eigenvalue weighted by Crippen LogP contribution is 2.39. The van der Waals surface area contributed by atoms with Gasteiger partial charge >= 0.3 is 11.9 Å². The van der Waals surface area contributed by atoms with E-state index >= 15 is 0 Å². The van der Waals surface area contributed by atoms with Crippen LogP contribution >= 0.6 is 0 Å². The number of amides is 1. The number of dihydropyridines is 1. The van der Waals surface area contributed by atoms with Crippen LogP contribution in [0, 0.1) is 0 Å². The molecule has 8 nitrogen and oxygen atoms in total. The number of ether oxygens (including phenoxy) is 2. The Balaban J connectivity index is 1.37. The summed E-state index contributed by atoms with van der Waals surface area (Å²) in [6.45, 7) is 6.52. The van der Waals surface area contributed by atoms with Gasteiger partial charge in [0.05, 0.1) is 31.3 Å². The lowest BCUT2D eigenvalue weighted by atomic mass is 9.80. The smallest absolute Gasteiger partial charge is 0.336 e. The number of hydrogen-bond acceptors (Lipinski definition) is 7. The first-order valence-corrected chi connectivity index (χ1v) is 13.8. The van der Waals surface area contributed by atoms with E-state index in [4.69, 9.17) is 9.47 Å². The molecule has 0 aliphatic carbocycles. The van der Waals surface area contributed by atoms with Gasteiger partial charge < -0.3 is 25.0 Å². The van der Waals surface area contributed by atoms with Crippen molar-refractivity contribution >= 4 is 23.5 Å². The quantitative estimate of drug-likeness (QED) is 0.434. The van der Waals surface area contributed by atoms with Gasteiger partial charge in [0.25, 0.3) is 0 Å². The highest BCUT2D eigenvalue weighted by Gasteiger charge is 2.37. The average Bonchev–Trinajstić information content (AvgIpc) is 2.97. The van der Waals surface area contributed by atoms with Crippen LogP contribution in [0.15, 0.2) is 77.1 Å². The number of hydrogen-bond donors (Lipinski definition) is 2. The predicted octanol–water partition coefficient (Wildman–Crippen LogP) is 4.87. The van der Waals surface area contributed by atoms with E-state index in [1.807, 2.05) is 6.07 Å². The van der Waals surface area contributed by atoms with Crippen molar-refractivity contribution in [1.29, 1.82) is 0 Å². The van der Waals surface area contributed by atoms with Crippen LogP contribution in [0.1, 0.15) is 62.5 Å². The van der Waals surface area contributed by atoms with Gasteiger partial charge in [0.2, 0.25) is 5.91 Å². The third-order valence-electron chi connectivity index (χ3n) is 7.81. The van der Waals surface area contributed by atoms with Gasteiger partial charge in [0.1, 0.15) is 0 Å². The number of carbonyl (C=O) groups is 3. The molecule has 0 unspecified atom stereocenters. The predicted molar refractivity (Wildman–Crippen MR) is 154 cm³/mol. The number of carbonyl (C=O) groups excluding carboxylic acids is 3. The van der Waals surface area contributed by atoms with Gasteiger partial charge in [-0.2, -0.15) is 0 Å². The van der Waals surface area contributed by atoms with Crippen molar-refractivity contribution in [1.82, 2.24) is 10.2 Å². The van der Waals surface area contributed by atoms with Crippen LogP contribution < -0.4 is 10.6 Å². The largest absolute Gasteiger partial charge is 0.466 e. The highest BCUT2D eigenvalue weighted by molar-refractivity contribution is 6.00. The molecule has 0 radical (unpaired) electrons. The number of piperidine rings is 1. The van der Waals surface area contributed by atoms with Gasteiger partial charge in [-0.05, 0) is 81.9 Å². The SMILES string of the molecule is COC(=O)C1=C(C)NC(C)=C(C(=O)OC)C1c1cccc(NC(=O)CCCN2CCC(c3ccccc3)CC2)c1. The molecule has 0 saturated carbocycles. The number of nitrogens with zero attached hydrogens (tertiary/aromatic N) is 1. The fourth-order valence-corrected chi connectivity index (χ4v) is 5.79. The monoisotopic (exact) mass is 545 g/mol. The second-order valence-electron chi connectivity index (χ2n) is 10.4. The number of nitrogens with one attached hydrogen (secondary N) is 2. The summed E-state index contributed by atoms with van der Waals surface area (Å²) in [4.78, 5) is 40.8. The molecular weight excluding hydrogens is 506 g/mol. The molecule has 2 aliphatic rings. The van der Waals surface area contributed by atoms with E-state index in [1.165, 1.54) is 19.8 Å². The van der Waals surface area contributed by atoms with E-state index in [-0.39, 0.29) is 5.91 Å². The zero-order valence-electron chi connectivity index (χ0n) is 23.8. The summed E-state index contributed by atoms with van der Waals surface area (Å²) in [7, 11) is 2.62. The van der Waals surface area contributed by atoms with E-state index in [9.17, 15) is 14.4 Å². The van der Waals surface area contributed by atoms with Crippen molar-refractivity contribution < 1.29 is 23.9 Å². The van der Waals surface area contributed by atoms with Crippen LogP contribution in [0.4, 0.5) is 5.69 Å². The molecule has 2 aromatic rings. The molecule has 1 fully saturated rings. The molecule has 8 heteroatoms. The number of rotatable bonds is 9. The zero-order chi connectivity index (χ0) is 28.6. The minimum atomic E-state index is -0.697. The lowest BCUT2D eigenvalue weighted by Crippen LogP contribution is -2.34. The highest BCUT2D eigenvalue weighted by atomic mass is 16.5. The number of allylic oxidation sites excluding steroid dienone is 2. The third-order valence-corrected chi connectivity index (χ3v) is 7.81. The van der Waals surface area contributed by atoms with Gasteiger partial charge in [0.15, 0.2) is 0 Å². The molecule has 2 aromatic carbocycles. The lowest BCUT2D eigenvalue weighted by Gasteiger charge is -2.32. The summed E-state index contributed by atoms with van der Waals surface area (Å²) >= 11 is 0. The maximum atomic E-state index is 12.8. The first-order valence-electron chi connectivity index (χ1n) is 13.8. The van der Waals surface area contributed by atoms with Crippen LogP contribution in [0.25, 0.3) is 0 Å². The topological polar surface area (TPSA) is 97.0 Å². The molecule has 2 heterocycles. The molecule has 4 rings (SSSR count). The van der Waals surface area contributed by atoms with Crippen LogP contribution in [0.5, 0.6) is 0 Å². The Labute approximate surface area is 236 Å². The van der Waals surface area contributed by atoms with Gasteiger partial charge in [0, 0.05) is 23.5 Å². The van der Waals surface area contributed by atoms with E-state index in [0.29, 0.717) is 46.1 Å². The Bertz CT molecular complexity index is 1250. The van der Waals surface area contributed by atoms with Crippen molar-refractivity contribution in [2.24, 2.45) is 0 Å². The molecule has 0 spiro atoms. The van der Waals surface area contributed by atoms with E-state index in [2.05, 4.69) is 45.9 Å². The van der Waals surface area contributed by atoms with Gasteiger partial charge in [-0.25, -0.2) is 9.59 Å². The average molecular weight is 546 g/mol. The Morgan fingerprint density at radius 1 is 0.875 bits per heavy atom. The molecule has 40 heavy (non-hydrogen) atoms. The summed E-state index contributed by atoms with van der Waals surface area (Å²) in [6, 6.07) is 17.9. The molecule has 1 saturated heterocycles. The van der Waals surface area contributed by atoms with Crippen LogP contribution in [0.2, 0.25) is 0 Å². The maximum Gasteiger partial charge on any atom is 0.336 e. The standard InChI is InChI=1S/C32H39N3O5/c1-21-28(31(37)39-3)30(29(22(2)33-21)32(38)40-4)25-12-8-13-26(20-25)34-27(36)14-9-17-35-18-15-24(16-19-35)23-10-6-5-7-11-23/h5-8,10-13,20,24,30,33H,9,14-19H2,1-4H3,(H,34,36). The normalized spacial score (nSPS) is 16.9. The Hall–Kier alpha value is -3.91. The number of likely N-dealkylation sites (tertiary alicyclic amines) is 1. The molecule has 212 valence electrons. The van der Waals surface area contributed by atoms with Crippen LogP contribution in [-0.2, 0) is 23.9 Å². The van der Waals surface area contributed by atoms with Crippen molar-refractivity contribution in [2.75, 3.05) is 39.2 Å². The summed E-state index contributed by atoms with van der Waals surface area (Å²) in [6.07, 6.45) is 3.47. The van der Waals surface area contributed by atoms with Gasteiger partial charge in [-0.1, -0.05) is 42.5 Å². The molecule has 2 N–H and O–H groups in total. The van der Waals surface area contributed by atoms with Crippen LogP contribution in [0.3, 0.4) is 0 Å². The van der Waals surface area contributed by atoms with Crippen molar-refractivity contribution in [3.05, 3.63) is 88.3 Å². The number of methoxy groups -OCH3 is 2. The number of esters is 2. The zero-order valence-corrected chi connectivity index (χ0v) is 23.8. The Kier molecular flexibility index (Phi) is 9.77. The van der Waals surface area contributed by atoms with Crippen LogP contribution in [-0.4, -0.2) is 56.6 Å². The van der Waals surface area contributed by atoms with Crippen molar-refractivity contribution in [3.8, 4) is 0 Å². The van der Waals surface area contributed by atoms with E-state index in [1.54, 1.807) is 32.0 Å². The first-order chi connectivity index (χ1) is 19.3. The minimum Gasteiger partial charge on any atom is -0.466 e. The molecule has 0 atom stereocenters. The number of anilines is 1. The molecular formula is C32H39N3O5. The minimum absolute atomic E-state index is 0.0681. The first kappa shape index (κ1) is 29.1. The van der Waals surface area contributed by atoms with Crippen molar-refractivity contribution in [2.45, 2.75) is 51.4 Å². The second kappa shape index (κ2) is 13.4. The second-order valence-corrected chi connectivity index (χ2v) is 10.4. The fourth-order valence-electron chi connectivity index (χ4n) is 5.79. The van der Waals surface area contributed by atoms with E-state index < -0.39 is 17.9 Å². The molecule has 0 bridgehead atoms. The van der Waals surface area contributed by atoms with E-state index in [0.717, 1.165) is 38.9 Å². The molecule has 2 aliphatic heterocycles. The summed E-state index contributed by atoms with van der Waals surface area (Å²) in [5.41, 5.74) is 4.56. The third kappa shape index (κ3) is 6.80. The van der Waals surface area contributed by atoms with Crippen molar-refractivity contribution in [3.63, 3.8) is 0 Å². The Morgan fingerprint density at radius 3 is 2.08 bits per heavy atom. The molecule has 1 amide bonds. The maximum absolute atomic E-state index is 12.8. The summed E-state index contributed by atoms with van der Waals surface area (Å²) in [5.74, 6) is -1.22. The lowest BCUT2D eigenvalue weighted by molar-refractivity contribution is -0.137. The Morgan fingerprint density at radius 2 is 1.48 bits per heavy atom. The summed E-state index contributed by atoms with van der Waals surface area (Å²) in [5, 5.41) is 6.09. The van der Waals surface area contributed by atoms with Gasteiger partial charge in [-0.15, -0.1) is 0 Å². The fraction of sp³-hybridized carbons (Fsp3) is 0.406. The number of benzene rings is 2. The summed E-state index contributed by atoms with van der Waals surface area (Å²) < 4.78 is 10.1. The van der Waals surface area contributed by atoms with Gasteiger partial charge in [-0.3, -0.25) is 4.79 Å². The molecule has 0 aromatic heterocycles.